The van der Waals surface area contributed by atoms with Crippen molar-refractivity contribution in [2.24, 2.45) is 0 Å². The van der Waals surface area contributed by atoms with Crippen LogP contribution in [0.3, 0.4) is 0 Å². The van der Waals surface area contributed by atoms with E-state index in [1.165, 1.54) is 76.0 Å². The van der Waals surface area contributed by atoms with Crippen molar-refractivity contribution in [3.8, 4) is 56.4 Å². The van der Waals surface area contributed by atoms with E-state index in [1.807, 2.05) is 0 Å². The molecule has 3 nitrogen and oxygen atoms in total. The van der Waals surface area contributed by atoms with E-state index < -0.39 is 13.5 Å². The van der Waals surface area contributed by atoms with Crippen LogP contribution in [0.2, 0.25) is 0 Å². The summed E-state index contributed by atoms with van der Waals surface area (Å²) in [6.45, 7) is 0. The third kappa shape index (κ3) is 4.02. The number of para-hydroxylation sites is 1. The number of rotatable bonds is 3. The maximum Gasteiger partial charge on any atom is 0.202 e. The summed E-state index contributed by atoms with van der Waals surface area (Å²) in [4.78, 5) is 2.45. The topological polar surface area (TPSA) is 21.7 Å². The third-order valence-electron chi connectivity index (χ3n) is 14.6. The minimum atomic E-state index is -2.98. The van der Waals surface area contributed by atoms with Crippen molar-refractivity contribution in [1.29, 1.82) is 0 Å². The first-order valence-corrected chi connectivity index (χ1v) is 23.8. The van der Waals surface area contributed by atoms with Crippen LogP contribution in [0.25, 0.3) is 44.2 Å². The van der Waals surface area contributed by atoms with Gasteiger partial charge in [0.25, 0.3) is 0 Å². The number of fused-ring (bicyclic) bond motifs is 12. The molecule has 0 amide bonds. The summed E-state index contributed by atoms with van der Waals surface area (Å²) >= 11 is 0. The molecule has 1 atom stereocenters. The van der Waals surface area contributed by atoms with Crippen LogP contribution in [0.1, 0.15) is 22.3 Å². The van der Waals surface area contributed by atoms with Crippen LogP contribution < -0.4 is 35.1 Å². The Morgan fingerprint density at radius 3 is 1.65 bits per heavy atom. The molecule has 63 heavy (non-hydrogen) atoms. The normalized spacial score (nSPS) is 16.7. The molecule has 4 heteroatoms. The number of ether oxygens (including phenoxy) is 2. The zero-order valence-corrected chi connectivity index (χ0v) is 35.0. The molecule has 10 aromatic rings. The average Bonchev–Trinajstić information content (AvgIpc) is 3.82. The number of hydrogen-bond acceptors (Lipinski definition) is 3. The van der Waals surface area contributed by atoms with E-state index >= 15 is 0 Å². The third-order valence-corrected chi connectivity index (χ3v) is 19.6. The van der Waals surface area contributed by atoms with E-state index in [2.05, 4.69) is 217 Å². The summed E-state index contributed by atoms with van der Waals surface area (Å²) in [5.74, 6) is 3.60. The van der Waals surface area contributed by atoms with Crippen molar-refractivity contribution in [1.82, 2.24) is 0 Å². The molecule has 15 rings (SSSR count). The molecule has 0 fully saturated rings. The van der Waals surface area contributed by atoms with Crippen LogP contribution in [-0.2, 0) is 5.41 Å². The first-order chi connectivity index (χ1) is 31.2. The molecular weight excluding hydrogens is 783 g/mol. The lowest BCUT2D eigenvalue weighted by molar-refractivity contribution is 0.463. The van der Waals surface area contributed by atoms with E-state index in [1.54, 1.807) is 0 Å². The Morgan fingerprint density at radius 1 is 0.381 bits per heavy atom. The summed E-state index contributed by atoms with van der Waals surface area (Å²) in [5, 5.41) is 7.55. The Balaban J connectivity index is 1.01. The monoisotopic (exact) mass is 817 g/mol. The molecule has 0 N–H and O–H groups in total. The Bertz CT molecular complexity index is 3590. The molecule has 2 aliphatic carbocycles. The van der Waals surface area contributed by atoms with E-state index in [0.29, 0.717) is 0 Å². The molecule has 3 aliphatic heterocycles. The van der Waals surface area contributed by atoms with Crippen molar-refractivity contribution >= 4 is 56.7 Å². The van der Waals surface area contributed by atoms with Gasteiger partial charge in [0.05, 0.1) is 16.8 Å². The lowest BCUT2D eigenvalue weighted by Gasteiger charge is -2.50. The maximum absolute atomic E-state index is 7.18. The van der Waals surface area contributed by atoms with Crippen molar-refractivity contribution in [3.05, 3.63) is 235 Å². The predicted molar refractivity (Wildman–Crippen MR) is 258 cm³/mol. The Hall–Kier alpha value is -7.92. The molecule has 1 unspecified atom stereocenters. The molecule has 0 saturated carbocycles. The van der Waals surface area contributed by atoms with Gasteiger partial charge in [-0.25, -0.2) is 0 Å². The number of nitrogens with zero attached hydrogens (tertiary/aromatic N) is 1. The van der Waals surface area contributed by atoms with E-state index in [-0.39, 0.29) is 0 Å². The van der Waals surface area contributed by atoms with Crippen LogP contribution in [0.15, 0.2) is 212 Å². The average molecular weight is 818 g/mol. The number of anilines is 3. The fraction of sp³-hybridized carbons (Fsp3) is 0.0169. The second kappa shape index (κ2) is 11.9. The second-order valence-corrected chi connectivity index (χ2v) is 21.0. The van der Waals surface area contributed by atoms with Crippen LogP contribution in [-0.4, -0.2) is 8.07 Å². The zero-order valence-electron chi connectivity index (χ0n) is 34.0. The first kappa shape index (κ1) is 33.8. The smallest absolute Gasteiger partial charge is 0.202 e. The van der Waals surface area contributed by atoms with E-state index in [4.69, 9.17) is 9.47 Å². The van der Waals surface area contributed by atoms with Crippen LogP contribution >= 0.6 is 0 Å². The number of hydrogen-bond donors (Lipinski definition) is 0. The summed E-state index contributed by atoms with van der Waals surface area (Å²) in [7, 11) is -2.98. The molecule has 0 saturated heterocycles. The van der Waals surface area contributed by atoms with E-state index in [9.17, 15) is 0 Å². The van der Waals surface area contributed by atoms with Gasteiger partial charge >= 0.3 is 0 Å². The van der Waals surface area contributed by atoms with Crippen LogP contribution in [0.5, 0.6) is 23.0 Å². The van der Waals surface area contributed by atoms with Crippen molar-refractivity contribution in [2.75, 3.05) is 4.90 Å². The van der Waals surface area contributed by atoms with E-state index in [0.717, 1.165) is 51.2 Å². The first-order valence-electron chi connectivity index (χ1n) is 21.8. The van der Waals surface area contributed by atoms with Gasteiger partial charge in [0.15, 0.2) is 0 Å². The summed E-state index contributed by atoms with van der Waals surface area (Å²) < 4.78 is 14.1. The minimum absolute atomic E-state index is 0.418. The van der Waals surface area contributed by atoms with Crippen molar-refractivity contribution in [3.63, 3.8) is 0 Å². The highest BCUT2D eigenvalue weighted by Crippen LogP contribution is 2.64. The van der Waals surface area contributed by atoms with Crippen molar-refractivity contribution in [2.45, 2.75) is 5.41 Å². The Kier molecular flexibility index (Phi) is 6.38. The Morgan fingerprint density at radius 2 is 0.952 bits per heavy atom. The predicted octanol–water partition coefficient (Wildman–Crippen LogP) is 12.2. The van der Waals surface area contributed by atoms with Gasteiger partial charge in [0.1, 0.15) is 23.0 Å². The molecule has 1 spiro atoms. The molecule has 292 valence electrons. The molecule has 0 radical (unpaired) electrons. The van der Waals surface area contributed by atoms with Gasteiger partial charge in [-0.05, 0) is 126 Å². The summed E-state index contributed by atoms with van der Waals surface area (Å²) in [6, 6.07) is 78.6. The lowest BCUT2D eigenvalue weighted by Crippen LogP contribution is -2.79. The molecule has 5 aliphatic rings. The lowest BCUT2D eigenvalue weighted by atomic mass is 9.69. The largest absolute Gasteiger partial charge is 0.457 e. The van der Waals surface area contributed by atoms with Gasteiger partial charge in [-0.15, -0.1) is 0 Å². The minimum Gasteiger partial charge on any atom is -0.457 e. The quantitative estimate of drug-likeness (QED) is 0.166. The highest BCUT2D eigenvalue weighted by molar-refractivity contribution is 7.23. The zero-order chi connectivity index (χ0) is 41.0. The molecule has 10 aromatic carbocycles. The van der Waals surface area contributed by atoms with Gasteiger partial charge in [0, 0.05) is 21.2 Å². The molecule has 3 heterocycles. The van der Waals surface area contributed by atoms with Gasteiger partial charge in [-0.2, -0.15) is 0 Å². The number of benzene rings is 10. The van der Waals surface area contributed by atoms with Gasteiger partial charge in [-0.3, -0.25) is 0 Å². The van der Waals surface area contributed by atoms with Crippen LogP contribution in [0.4, 0.5) is 17.1 Å². The SMILES string of the molecule is c1ccc(N2c3cccc4c3[Si]3(c5ccccc5)c5c(cccc5Oc5cc(-c6ccc7c8c(ccc7c6)-c6ccccc6C86c7ccccc7-c7ccccc76)cc2c53)O4)cc1. The highest BCUT2D eigenvalue weighted by Gasteiger charge is 2.59. The molecular formula is C59H35NO2Si. The fourth-order valence-corrected chi connectivity index (χ4v) is 17.9. The summed E-state index contributed by atoms with van der Waals surface area (Å²) in [6.07, 6.45) is 0. The van der Waals surface area contributed by atoms with Crippen LogP contribution in [0, 0.1) is 0 Å². The van der Waals surface area contributed by atoms with Gasteiger partial charge in [0.2, 0.25) is 8.07 Å². The maximum atomic E-state index is 7.18. The molecule has 0 aromatic heterocycles. The Labute approximate surface area is 365 Å². The van der Waals surface area contributed by atoms with Gasteiger partial charge in [-0.1, -0.05) is 158 Å². The van der Waals surface area contributed by atoms with Gasteiger partial charge < -0.3 is 14.4 Å². The standard InChI is InChI=1S/C59H35NO2Si/c1-3-15-39(16-4-1)60-49-25-13-26-51-56(49)63(40-17-5-2-6-18-40)57-50(60)34-38(35-54(57)62-53-28-14-27-52(61-51)58(53)63)36-29-31-41-37(33-36)30-32-45-44-21-9-12-24-48(44)59(55(41)45)46-22-10-7-19-42(46)43-20-8-11-23-47(43)59/h1-35H. The van der Waals surface area contributed by atoms with Crippen molar-refractivity contribution < 1.29 is 9.47 Å². The fourth-order valence-electron chi connectivity index (χ4n) is 12.4. The summed E-state index contributed by atoms with van der Waals surface area (Å²) in [5.41, 5.74) is 16.0. The second-order valence-electron chi connectivity index (χ2n) is 17.4. The highest BCUT2D eigenvalue weighted by atomic mass is 28.3. The molecule has 0 bridgehead atoms.